The molecule has 1 aromatic carbocycles. The molecule has 0 saturated carbocycles. The molecule has 0 saturated heterocycles. The van der Waals surface area contributed by atoms with Crippen LogP contribution in [0, 0.1) is 0 Å². The number of unbranched alkanes of at least 4 members (excludes halogenated alkanes) is 1. The molecule has 1 aliphatic rings. The minimum atomic E-state index is -0.603. The molecular weight excluding hydrogens is 258 g/mol. The number of hydrogen-bond donors (Lipinski definition) is 3. The summed E-state index contributed by atoms with van der Waals surface area (Å²) < 4.78 is 5.53. The molecular formula is C14H19N3O3. The Balaban J connectivity index is 2.11. The molecule has 0 aliphatic carbocycles. The lowest BCUT2D eigenvalue weighted by molar-refractivity contribution is -0.122. The summed E-state index contributed by atoms with van der Waals surface area (Å²) in [6.07, 6.45) is 1.11. The predicted molar refractivity (Wildman–Crippen MR) is 75.8 cm³/mol. The normalized spacial score (nSPS) is 16.9. The average Bonchev–Trinajstić information content (AvgIpc) is 2.44. The SMILES string of the molecule is CC1Oc2c(cccc2C(=O)NCCCCN)NC1=O. The second kappa shape index (κ2) is 6.38. The van der Waals surface area contributed by atoms with Gasteiger partial charge in [-0.2, -0.15) is 0 Å². The number of rotatable bonds is 5. The molecule has 1 atom stereocenters. The second-order valence-electron chi connectivity index (χ2n) is 4.68. The fourth-order valence-electron chi connectivity index (χ4n) is 1.97. The summed E-state index contributed by atoms with van der Waals surface area (Å²) in [5.41, 5.74) is 6.37. The van der Waals surface area contributed by atoms with E-state index in [-0.39, 0.29) is 11.8 Å². The minimum Gasteiger partial charge on any atom is -0.478 e. The number of anilines is 1. The first-order valence-electron chi connectivity index (χ1n) is 6.72. The van der Waals surface area contributed by atoms with Gasteiger partial charge in [0.25, 0.3) is 11.8 Å². The van der Waals surface area contributed by atoms with Crippen molar-refractivity contribution in [1.82, 2.24) is 5.32 Å². The fraction of sp³-hybridized carbons (Fsp3) is 0.429. The van der Waals surface area contributed by atoms with Crippen molar-refractivity contribution < 1.29 is 14.3 Å². The van der Waals surface area contributed by atoms with Crippen LogP contribution in [0.1, 0.15) is 30.1 Å². The molecule has 1 aromatic rings. The summed E-state index contributed by atoms with van der Waals surface area (Å²) in [6.45, 7) is 2.83. The van der Waals surface area contributed by atoms with Crippen molar-refractivity contribution in [2.24, 2.45) is 5.73 Å². The maximum Gasteiger partial charge on any atom is 0.265 e. The van der Waals surface area contributed by atoms with E-state index in [1.807, 2.05) is 0 Å². The van der Waals surface area contributed by atoms with Crippen LogP contribution in [0.25, 0.3) is 0 Å². The van der Waals surface area contributed by atoms with Crippen LogP contribution < -0.4 is 21.1 Å². The fourth-order valence-corrected chi connectivity index (χ4v) is 1.97. The van der Waals surface area contributed by atoms with Crippen LogP contribution >= 0.6 is 0 Å². The van der Waals surface area contributed by atoms with Crippen molar-refractivity contribution in [1.29, 1.82) is 0 Å². The first-order valence-corrected chi connectivity index (χ1v) is 6.72. The number of amides is 2. The van der Waals surface area contributed by atoms with Crippen LogP contribution in [-0.4, -0.2) is 31.0 Å². The van der Waals surface area contributed by atoms with Gasteiger partial charge in [-0.05, 0) is 38.4 Å². The highest BCUT2D eigenvalue weighted by molar-refractivity contribution is 6.03. The predicted octanol–water partition coefficient (Wildman–Crippen LogP) is 0.875. The molecule has 2 rings (SSSR count). The van der Waals surface area contributed by atoms with Gasteiger partial charge in [0, 0.05) is 6.54 Å². The topological polar surface area (TPSA) is 93.4 Å². The molecule has 1 aliphatic heterocycles. The van der Waals surface area contributed by atoms with Gasteiger partial charge in [0.05, 0.1) is 11.3 Å². The first-order chi connectivity index (χ1) is 9.63. The highest BCUT2D eigenvalue weighted by Crippen LogP contribution is 2.33. The lowest BCUT2D eigenvalue weighted by Gasteiger charge is -2.25. The highest BCUT2D eigenvalue weighted by Gasteiger charge is 2.27. The summed E-state index contributed by atoms with van der Waals surface area (Å²) >= 11 is 0. The minimum absolute atomic E-state index is 0.206. The number of para-hydroxylation sites is 1. The average molecular weight is 277 g/mol. The van der Waals surface area contributed by atoms with Gasteiger partial charge < -0.3 is 21.1 Å². The molecule has 6 heteroatoms. The summed E-state index contributed by atoms with van der Waals surface area (Å²) in [7, 11) is 0. The number of carbonyl (C=O) groups excluding carboxylic acids is 2. The van der Waals surface area contributed by atoms with E-state index in [4.69, 9.17) is 10.5 Å². The van der Waals surface area contributed by atoms with E-state index in [0.717, 1.165) is 12.8 Å². The van der Waals surface area contributed by atoms with E-state index in [0.29, 0.717) is 30.1 Å². The van der Waals surface area contributed by atoms with Gasteiger partial charge in [0.1, 0.15) is 0 Å². The Kier molecular flexibility index (Phi) is 4.57. The molecule has 0 aromatic heterocycles. The standard InChI is InChI=1S/C14H19N3O3/c1-9-13(18)17-11-6-4-5-10(12(11)20-9)14(19)16-8-3-2-7-15/h4-6,9H,2-3,7-8,15H2,1H3,(H,16,19)(H,17,18). The molecule has 0 bridgehead atoms. The van der Waals surface area contributed by atoms with E-state index in [1.54, 1.807) is 25.1 Å². The lowest BCUT2D eigenvalue weighted by Crippen LogP contribution is -2.36. The second-order valence-corrected chi connectivity index (χ2v) is 4.68. The van der Waals surface area contributed by atoms with Crippen molar-refractivity contribution in [3.8, 4) is 5.75 Å². The molecule has 2 amide bonds. The van der Waals surface area contributed by atoms with Gasteiger partial charge in [-0.25, -0.2) is 0 Å². The highest BCUT2D eigenvalue weighted by atomic mass is 16.5. The maximum atomic E-state index is 12.1. The molecule has 1 heterocycles. The zero-order valence-electron chi connectivity index (χ0n) is 11.4. The lowest BCUT2D eigenvalue weighted by atomic mass is 10.1. The molecule has 0 fully saturated rings. The molecule has 20 heavy (non-hydrogen) atoms. The van der Waals surface area contributed by atoms with Crippen molar-refractivity contribution in [3.63, 3.8) is 0 Å². The van der Waals surface area contributed by atoms with Gasteiger partial charge in [0.15, 0.2) is 11.9 Å². The Labute approximate surface area is 117 Å². The zero-order chi connectivity index (χ0) is 14.5. The summed E-state index contributed by atoms with van der Waals surface area (Å²) in [4.78, 5) is 23.7. The van der Waals surface area contributed by atoms with Crippen molar-refractivity contribution in [3.05, 3.63) is 23.8 Å². The maximum absolute atomic E-state index is 12.1. The third kappa shape index (κ3) is 3.08. The van der Waals surface area contributed by atoms with Crippen LogP contribution in [0.3, 0.4) is 0 Å². The smallest absolute Gasteiger partial charge is 0.265 e. The van der Waals surface area contributed by atoms with E-state index < -0.39 is 6.10 Å². The number of benzene rings is 1. The largest absolute Gasteiger partial charge is 0.478 e. The number of hydrogen-bond acceptors (Lipinski definition) is 4. The van der Waals surface area contributed by atoms with E-state index >= 15 is 0 Å². The third-order valence-electron chi connectivity index (χ3n) is 3.10. The number of carbonyl (C=O) groups is 2. The van der Waals surface area contributed by atoms with Gasteiger partial charge in [-0.3, -0.25) is 9.59 Å². The Bertz CT molecular complexity index is 516. The van der Waals surface area contributed by atoms with Crippen molar-refractivity contribution in [2.75, 3.05) is 18.4 Å². The molecule has 0 spiro atoms. The monoisotopic (exact) mass is 277 g/mol. The Morgan fingerprint density at radius 1 is 1.45 bits per heavy atom. The molecule has 6 nitrogen and oxygen atoms in total. The van der Waals surface area contributed by atoms with Crippen LogP contribution in [0.2, 0.25) is 0 Å². The summed E-state index contributed by atoms with van der Waals surface area (Å²) in [5.74, 6) is 0.0103. The Morgan fingerprint density at radius 3 is 3.00 bits per heavy atom. The first kappa shape index (κ1) is 14.3. The van der Waals surface area contributed by atoms with Gasteiger partial charge in [-0.1, -0.05) is 6.07 Å². The summed E-state index contributed by atoms with van der Waals surface area (Å²) in [5, 5.41) is 5.54. The van der Waals surface area contributed by atoms with Crippen LogP contribution in [0.5, 0.6) is 5.75 Å². The van der Waals surface area contributed by atoms with Crippen LogP contribution in [0.4, 0.5) is 5.69 Å². The van der Waals surface area contributed by atoms with E-state index in [2.05, 4.69) is 10.6 Å². The Morgan fingerprint density at radius 2 is 2.25 bits per heavy atom. The molecule has 108 valence electrons. The van der Waals surface area contributed by atoms with Gasteiger partial charge in [0.2, 0.25) is 0 Å². The number of nitrogens with two attached hydrogens (primary N) is 1. The molecule has 4 N–H and O–H groups in total. The van der Waals surface area contributed by atoms with Gasteiger partial charge >= 0.3 is 0 Å². The van der Waals surface area contributed by atoms with E-state index in [1.165, 1.54) is 0 Å². The number of nitrogens with one attached hydrogen (secondary N) is 2. The zero-order valence-corrected chi connectivity index (χ0v) is 11.4. The van der Waals surface area contributed by atoms with Crippen LogP contribution in [-0.2, 0) is 4.79 Å². The molecule has 0 radical (unpaired) electrons. The Hall–Kier alpha value is -2.08. The van der Waals surface area contributed by atoms with E-state index in [9.17, 15) is 9.59 Å². The quantitative estimate of drug-likeness (QED) is 0.696. The summed E-state index contributed by atoms with van der Waals surface area (Å²) in [6, 6.07) is 5.11. The van der Waals surface area contributed by atoms with Gasteiger partial charge in [-0.15, -0.1) is 0 Å². The number of ether oxygens (including phenoxy) is 1. The van der Waals surface area contributed by atoms with Crippen LogP contribution in [0.15, 0.2) is 18.2 Å². The van der Waals surface area contributed by atoms with Crippen molar-refractivity contribution in [2.45, 2.75) is 25.9 Å². The molecule has 1 unspecified atom stereocenters. The van der Waals surface area contributed by atoms with Crippen molar-refractivity contribution >= 4 is 17.5 Å². The number of fused-ring (bicyclic) bond motifs is 1. The third-order valence-corrected chi connectivity index (χ3v) is 3.10.